The Morgan fingerprint density at radius 2 is 2.56 bits per heavy atom. The quantitative estimate of drug-likeness (QED) is 0.644. The largest absolute Gasteiger partial charge is 0.378 e. The van der Waals surface area contributed by atoms with E-state index in [2.05, 4.69) is 20.7 Å². The maximum atomic E-state index is 11.6. The molecule has 0 spiro atoms. The van der Waals surface area contributed by atoms with Crippen molar-refractivity contribution in [1.29, 1.82) is 0 Å². The van der Waals surface area contributed by atoms with Crippen LogP contribution < -0.4 is 10.6 Å². The van der Waals surface area contributed by atoms with Gasteiger partial charge in [0.25, 0.3) is 0 Å². The third-order valence-corrected chi connectivity index (χ3v) is 2.58. The van der Waals surface area contributed by atoms with E-state index in [0.717, 1.165) is 13.1 Å². The standard InChI is InChI=1S/C9H15N5O2/c1-16-8-3-10-2-7(8)13-9(15)4-14-6-11-5-12-14/h5-8,10H,2-4H2,1H3,(H,13,15). The minimum Gasteiger partial charge on any atom is -0.378 e. The fourth-order valence-corrected chi connectivity index (χ4v) is 1.76. The number of carbonyl (C=O) groups is 1. The number of hydrogen-bond donors (Lipinski definition) is 2. The van der Waals surface area contributed by atoms with Crippen molar-refractivity contribution >= 4 is 5.91 Å². The van der Waals surface area contributed by atoms with E-state index in [1.54, 1.807) is 7.11 Å². The van der Waals surface area contributed by atoms with E-state index in [9.17, 15) is 4.79 Å². The molecule has 0 saturated carbocycles. The number of nitrogens with zero attached hydrogens (tertiary/aromatic N) is 3. The molecule has 0 radical (unpaired) electrons. The maximum Gasteiger partial charge on any atom is 0.242 e. The molecule has 1 aromatic rings. The average Bonchev–Trinajstić information content (AvgIpc) is 2.88. The van der Waals surface area contributed by atoms with E-state index in [1.807, 2.05) is 0 Å². The van der Waals surface area contributed by atoms with Crippen LogP contribution in [-0.2, 0) is 16.1 Å². The minimum atomic E-state index is -0.0822. The monoisotopic (exact) mass is 225 g/mol. The smallest absolute Gasteiger partial charge is 0.242 e. The summed E-state index contributed by atoms with van der Waals surface area (Å²) >= 11 is 0. The Bertz CT molecular complexity index is 340. The highest BCUT2D eigenvalue weighted by Crippen LogP contribution is 2.03. The van der Waals surface area contributed by atoms with Crippen molar-refractivity contribution in [2.45, 2.75) is 18.7 Å². The molecule has 0 bridgehead atoms. The number of methoxy groups -OCH3 is 1. The fraction of sp³-hybridized carbons (Fsp3) is 0.667. The zero-order valence-electron chi connectivity index (χ0n) is 9.09. The summed E-state index contributed by atoms with van der Waals surface area (Å²) in [5.74, 6) is -0.0822. The summed E-state index contributed by atoms with van der Waals surface area (Å²) < 4.78 is 6.73. The number of nitrogens with one attached hydrogen (secondary N) is 2. The molecule has 2 atom stereocenters. The van der Waals surface area contributed by atoms with E-state index in [1.165, 1.54) is 17.3 Å². The Morgan fingerprint density at radius 1 is 1.69 bits per heavy atom. The molecule has 1 amide bonds. The Kier molecular flexibility index (Phi) is 3.47. The second-order valence-corrected chi connectivity index (χ2v) is 3.70. The van der Waals surface area contributed by atoms with Crippen LogP contribution >= 0.6 is 0 Å². The fourth-order valence-electron chi connectivity index (χ4n) is 1.76. The molecule has 2 heterocycles. The first-order chi connectivity index (χ1) is 7.79. The van der Waals surface area contributed by atoms with Crippen LogP contribution in [0.15, 0.2) is 12.7 Å². The summed E-state index contributed by atoms with van der Waals surface area (Å²) in [6, 6.07) is 0.0287. The molecule has 0 aromatic carbocycles. The molecule has 1 aliphatic heterocycles. The van der Waals surface area contributed by atoms with Crippen LogP contribution in [0.5, 0.6) is 0 Å². The zero-order chi connectivity index (χ0) is 11.4. The van der Waals surface area contributed by atoms with Crippen LogP contribution in [0.3, 0.4) is 0 Å². The van der Waals surface area contributed by atoms with Gasteiger partial charge < -0.3 is 15.4 Å². The van der Waals surface area contributed by atoms with Gasteiger partial charge in [0, 0.05) is 20.2 Å². The van der Waals surface area contributed by atoms with Gasteiger partial charge in [0.2, 0.25) is 5.91 Å². The second-order valence-electron chi connectivity index (χ2n) is 3.70. The van der Waals surface area contributed by atoms with Gasteiger partial charge in [0.05, 0.1) is 12.1 Å². The molecule has 0 aliphatic carbocycles. The molecule has 1 aromatic heterocycles. The highest BCUT2D eigenvalue weighted by atomic mass is 16.5. The number of hydrogen-bond acceptors (Lipinski definition) is 5. The first-order valence-corrected chi connectivity index (χ1v) is 5.15. The van der Waals surface area contributed by atoms with Crippen LogP contribution in [0.1, 0.15) is 0 Å². The molecule has 2 unspecified atom stereocenters. The molecule has 7 heteroatoms. The summed E-state index contributed by atoms with van der Waals surface area (Å²) in [5, 5.41) is 9.93. The van der Waals surface area contributed by atoms with Crippen molar-refractivity contribution in [3.05, 3.63) is 12.7 Å². The molecule has 88 valence electrons. The minimum absolute atomic E-state index is 0.0287. The Morgan fingerprint density at radius 3 is 3.25 bits per heavy atom. The predicted octanol–water partition coefficient (Wildman–Crippen LogP) is -1.62. The highest BCUT2D eigenvalue weighted by molar-refractivity contribution is 5.76. The van der Waals surface area contributed by atoms with Gasteiger partial charge in [-0.05, 0) is 0 Å². The summed E-state index contributed by atoms with van der Waals surface area (Å²) in [6.45, 7) is 1.69. The van der Waals surface area contributed by atoms with Crippen LogP contribution in [0.2, 0.25) is 0 Å². The van der Waals surface area contributed by atoms with E-state index in [-0.39, 0.29) is 24.6 Å². The van der Waals surface area contributed by atoms with Gasteiger partial charge in [0.1, 0.15) is 19.2 Å². The van der Waals surface area contributed by atoms with Crippen LogP contribution in [0, 0.1) is 0 Å². The zero-order valence-corrected chi connectivity index (χ0v) is 9.09. The summed E-state index contributed by atoms with van der Waals surface area (Å²) in [7, 11) is 1.65. The van der Waals surface area contributed by atoms with Gasteiger partial charge in [-0.2, -0.15) is 5.10 Å². The Hall–Kier alpha value is -1.47. The van der Waals surface area contributed by atoms with Crippen LogP contribution in [0.4, 0.5) is 0 Å². The first-order valence-electron chi connectivity index (χ1n) is 5.15. The number of amides is 1. The number of aromatic nitrogens is 3. The molecule has 1 aliphatic rings. The van der Waals surface area contributed by atoms with Gasteiger partial charge in [-0.3, -0.25) is 4.79 Å². The number of rotatable bonds is 4. The van der Waals surface area contributed by atoms with Crippen molar-refractivity contribution in [3.63, 3.8) is 0 Å². The summed E-state index contributed by atoms with van der Waals surface area (Å²) in [5.41, 5.74) is 0. The van der Waals surface area contributed by atoms with E-state index in [0.29, 0.717) is 0 Å². The molecule has 7 nitrogen and oxygen atoms in total. The third kappa shape index (κ3) is 2.56. The highest BCUT2D eigenvalue weighted by Gasteiger charge is 2.27. The van der Waals surface area contributed by atoms with Crippen LogP contribution in [-0.4, -0.2) is 53.0 Å². The molecule has 1 fully saturated rings. The predicted molar refractivity (Wildman–Crippen MR) is 55.6 cm³/mol. The molecular formula is C9H15N5O2. The first kappa shape index (κ1) is 11.0. The van der Waals surface area contributed by atoms with Crippen LogP contribution in [0.25, 0.3) is 0 Å². The Labute approximate surface area is 93.2 Å². The third-order valence-electron chi connectivity index (χ3n) is 2.58. The lowest BCUT2D eigenvalue weighted by Gasteiger charge is -2.18. The van der Waals surface area contributed by atoms with Gasteiger partial charge in [-0.15, -0.1) is 0 Å². The molecule has 1 saturated heterocycles. The van der Waals surface area contributed by atoms with Crippen molar-refractivity contribution in [3.8, 4) is 0 Å². The summed E-state index contributed by atoms with van der Waals surface area (Å²) in [4.78, 5) is 15.4. The van der Waals surface area contributed by atoms with E-state index in [4.69, 9.17) is 4.74 Å². The van der Waals surface area contributed by atoms with Crippen molar-refractivity contribution in [2.75, 3.05) is 20.2 Å². The van der Waals surface area contributed by atoms with E-state index < -0.39 is 0 Å². The SMILES string of the molecule is COC1CNCC1NC(=O)Cn1cncn1. The van der Waals surface area contributed by atoms with Gasteiger partial charge in [0.15, 0.2) is 0 Å². The van der Waals surface area contributed by atoms with Crippen molar-refractivity contribution in [1.82, 2.24) is 25.4 Å². The van der Waals surface area contributed by atoms with Gasteiger partial charge >= 0.3 is 0 Å². The Balaban J connectivity index is 1.83. The maximum absolute atomic E-state index is 11.6. The topological polar surface area (TPSA) is 81.1 Å². The molecule has 16 heavy (non-hydrogen) atoms. The summed E-state index contributed by atoms with van der Waals surface area (Å²) in [6.07, 6.45) is 2.96. The van der Waals surface area contributed by atoms with Crippen molar-refractivity contribution < 1.29 is 9.53 Å². The van der Waals surface area contributed by atoms with Crippen molar-refractivity contribution in [2.24, 2.45) is 0 Å². The second kappa shape index (κ2) is 5.04. The van der Waals surface area contributed by atoms with Gasteiger partial charge in [-0.25, -0.2) is 9.67 Å². The lowest BCUT2D eigenvalue weighted by atomic mass is 10.2. The molecule has 2 rings (SSSR count). The normalized spacial score (nSPS) is 24.6. The lowest BCUT2D eigenvalue weighted by Crippen LogP contribution is -2.44. The van der Waals surface area contributed by atoms with Gasteiger partial charge in [-0.1, -0.05) is 0 Å². The average molecular weight is 225 g/mol. The number of ether oxygens (including phenoxy) is 1. The van der Waals surface area contributed by atoms with E-state index >= 15 is 0 Å². The number of carbonyl (C=O) groups excluding carboxylic acids is 1. The molecular weight excluding hydrogens is 210 g/mol. The lowest BCUT2D eigenvalue weighted by molar-refractivity contribution is -0.123. The molecule has 2 N–H and O–H groups in total.